The zero-order valence-corrected chi connectivity index (χ0v) is 16.2. The van der Waals surface area contributed by atoms with E-state index >= 15 is 0 Å². The number of fused-ring (bicyclic) bond motifs is 1. The molecule has 2 aromatic rings. The monoisotopic (exact) mass is 386 g/mol. The van der Waals surface area contributed by atoms with Crippen molar-refractivity contribution in [3.8, 4) is 0 Å². The molecule has 150 valence electrons. The zero-order valence-electron chi connectivity index (χ0n) is 16.2. The molecule has 7 nitrogen and oxygen atoms in total. The SMILES string of the molecule is COCCCNC(=O)C(=O)NC[C@H](c1ccco1)[NH+]1CCc2ccccc2C1. The lowest BCUT2D eigenvalue weighted by atomic mass is 9.98. The van der Waals surface area contributed by atoms with Gasteiger partial charge in [-0.05, 0) is 24.1 Å². The first-order valence-corrected chi connectivity index (χ1v) is 9.68. The van der Waals surface area contributed by atoms with Crippen LogP contribution < -0.4 is 15.5 Å². The largest absolute Gasteiger partial charge is 0.463 e. The third-order valence-electron chi connectivity index (χ3n) is 5.11. The second kappa shape index (κ2) is 10.1. The number of nitrogens with one attached hydrogen (secondary N) is 3. The molecule has 1 aliphatic heterocycles. The van der Waals surface area contributed by atoms with Crippen molar-refractivity contribution < 1.29 is 23.6 Å². The van der Waals surface area contributed by atoms with Gasteiger partial charge in [0.25, 0.3) is 0 Å². The molecule has 1 unspecified atom stereocenters. The van der Waals surface area contributed by atoms with E-state index in [4.69, 9.17) is 9.15 Å². The zero-order chi connectivity index (χ0) is 19.8. The molecule has 0 radical (unpaired) electrons. The van der Waals surface area contributed by atoms with E-state index in [0.29, 0.717) is 26.1 Å². The summed E-state index contributed by atoms with van der Waals surface area (Å²) in [6.07, 6.45) is 3.29. The highest BCUT2D eigenvalue weighted by molar-refractivity contribution is 6.35. The first-order valence-electron chi connectivity index (χ1n) is 9.68. The van der Waals surface area contributed by atoms with Crippen LogP contribution in [0.15, 0.2) is 47.1 Å². The van der Waals surface area contributed by atoms with E-state index in [0.717, 1.165) is 25.3 Å². The van der Waals surface area contributed by atoms with Crippen LogP contribution in [0.2, 0.25) is 0 Å². The van der Waals surface area contributed by atoms with Crippen molar-refractivity contribution >= 4 is 11.8 Å². The lowest BCUT2D eigenvalue weighted by molar-refractivity contribution is -0.946. The number of methoxy groups -OCH3 is 1. The summed E-state index contributed by atoms with van der Waals surface area (Å²) >= 11 is 0. The van der Waals surface area contributed by atoms with Crippen LogP contribution in [0.1, 0.15) is 29.3 Å². The van der Waals surface area contributed by atoms with Gasteiger partial charge in [0.15, 0.2) is 11.8 Å². The molecular weight excluding hydrogens is 358 g/mol. The Morgan fingerprint density at radius 3 is 2.68 bits per heavy atom. The Labute approximate surface area is 165 Å². The van der Waals surface area contributed by atoms with Crippen molar-refractivity contribution in [2.75, 3.05) is 33.4 Å². The third kappa shape index (κ3) is 5.21. The molecule has 0 aliphatic carbocycles. The summed E-state index contributed by atoms with van der Waals surface area (Å²) in [6, 6.07) is 12.2. The maximum atomic E-state index is 12.2. The van der Waals surface area contributed by atoms with Crippen LogP contribution in [-0.2, 0) is 27.3 Å². The van der Waals surface area contributed by atoms with Gasteiger partial charge in [0.1, 0.15) is 6.54 Å². The van der Waals surface area contributed by atoms with E-state index in [1.54, 1.807) is 13.4 Å². The molecule has 3 N–H and O–H groups in total. The number of ether oxygens (including phenoxy) is 1. The molecule has 1 aliphatic rings. The number of furan rings is 1. The molecule has 0 bridgehead atoms. The second-order valence-corrected chi connectivity index (χ2v) is 6.98. The summed E-state index contributed by atoms with van der Waals surface area (Å²) < 4.78 is 10.6. The number of hydrogen-bond acceptors (Lipinski definition) is 4. The summed E-state index contributed by atoms with van der Waals surface area (Å²) in [4.78, 5) is 25.4. The number of carbonyl (C=O) groups is 2. The molecule has 7 heteroatoms. The van der Waals surface area contributed by atoms with Crippen LogP contribution in [0.5, 0.6) is 0 Å². The molecule has 0 saturated carbocycles. The first kappa shape index (κ1) is 20.1. The Hall–Kier alpha value is -2.64. The van der Waals surface area contributed by atoms with Gasteiger partial charge in [0, 0.05) is 32.2 Å². The smallest absolute Gasteiger partial charge is 0.309 e. The maximum Gasteiger partial charge on any atom is 0.309 e. The van der Waals surface area contributed by atoms with E-state index in [1.807, 2.05) is 12.1 Å². The Morgan fingerprint density at radius 1 is 1.14 bits per heavy atom. The van der Waals surface area contributed by atoms with Crippen LogP contribution in [-0.4, -0.2) is 45.2 Å². The van der Waals surface area contributed by atoms with Crippen LogP contribution in [0.4, 0.5) is 0 Å². The van der Waals surface area contributed by atoms with E-state index < -0.39 is 11.8 Å². The number of hydrogen-bond donors (Lipinski definition) is 3. The van der Waals surface area contributed by atoms with Crippen LogP contribution in [0.25, 0.3) is 0 Å². The molecule has 2 heterocycles. The highest BCUT2D eigenvalue weighted by Crippen LogP contribution is 2.15. The predicted octanol–water partition coefficient (Wildman–Crippen LogP) is 0.231. The normalized spacial score (nSPS) is 16.8. The van der Waals surface area contributed by atoms with Gasteiger partial charge in [-0.3, -0.25) is 9.59 Å². The van der Waals surface area contributed by atoms with Crippen molar-refractivity contribution in [1.29, 1.82) is 0 Å². The fourth-order valence-electron chi connectivity index (χ4n) is 3.61. The van der Waals surface area contributed by atoms with Gasteiger partial charge >= 0.3 is 11.8 Å². The summed E-state index contributed by atoms with van der Waals surface area (Å²) in [5.74, 6) is -0.422. The van der Waals surface area contributed by atoms with Gasteiger partial charge < -0.3 is 24.7 Å². The van der Waals surface area contributed by atoms with Gasteiger partial charge in [-0.1, -0.05) is 24.3 Å². The third-order valence-corrected chi connectivity index (χ3v) is 5.11. The van der Waals surface area contributed by atoms with Crippen LogP contribution in [0.3, 0.4) is 0 Å². The average Bonchev–Trinajstić information content (AvgIpc) is 3.25. The van der Waals surface area contributed by atoms with Crippen molar-refractivity contribution in [3.05, 3.63) is 59.5 Å². The van der Waals surface area contributed by atoms with Crippen molar-refractivity contribution in [1.82, 2.24) is 10.6 Å². The van der Waals surface area contributed by atoms with Gasteiger partial charge in [0.2, 0.25) is 0 Å². The van der Waals surface area contributed by atoms with Crippen molar-refractivity contribution in [2.45, 2.75) is 25.4 Å². The topological polar surface area (TPSA) is 85.0 Å². The fraction of sp³-hybridized carbons (Fsp3) is 0.429. The van der Waals surface area contributed by atoms with Gasteiger partial charge in [-0.15, -0.1) is 0 Å². The fourth-order valence-corrected chi connectivity index (χ4v) is 3.61. The summed E-state index contributed by atoms with van der Waals surface area (Å²) in [7, 11) is 1.60. The van der Waals surface area contributed by atoms with Crippen molar-refractivity contribution in [2.24, 2.45) is 0 Å². The molecule has 0 spiro atoms. The number of quaternary nitrogens is 1. The number of carbonyl (C=O) groups excluding carboxylic acids is 2. The van der Waals surface area contributed by atoms with Crippen molar-refractivity contribution in [3.63, 3.8) is 0 Å². The molecule has 0 saturated heterocycles. The molecule has 1 aromatic carbocycles. The second-order valence-electron chi connectivity index (χ2n) is 6.98. The number of amides is 2. The molecule has 3 rings (SSSR count). The Kier molecular flexibility index (Phi) is 7.22. The van der Waals surface area contributed by atoms with E-state index in [2.05, 4.69) is 34.9 Å². The predicted molar refractivity (Wildman–Crippen MR) is 104 cm³/mol. The average molecular weight is 386 g/mol. The Bertz CT molecular complexity index is 776. The van der Waals surface area contributed by atoms with E-state index in [1.165, 1.54) is 16.0 Å². The lowest BCUT2D eigenvalue weighted by Crippen LogP contribution is -3.12. The summed E-state index contributed by atoms with van der Waals surface area (Å²) in [6.45, 7) is 3.11. The molecule has 2 amide bonds. The lowest BCUT2D eigenvalue weighted by Gasteiger charge is -2.31. The standard InChI is InChI=1S/C21H27N3O4/c1-27-12-5-10-22-20(25)21(26)23-14-18(19-8-4-13-28-19)24-11-9-16-6-2-3-7-17(16)15-24/h2-4,6-8,13,18H,5,9-12,14-15H2,1H3,(H,22,25)(H,23,26)/p+1/t18-/m1/s1. The Balaban J connectivity index is 1.59. The van der Waals surface area contributed by atoms with Gasteiger partial charge in [-0.25, -0.2) is 0 Å². The highest BCUT2D eigenvalue weighted by atomic mass is 16.5. The molecule has 2 atom stereocenters. The van der Waals surface area contributed by atoms with Gasteiger partial charge in [0.05, 0.1) is 19.4 Å². The quantitative estimate of drug-likeness (QED) is 0.448. The minimum atomic E-state index is -0.620. The summed E-state index contributed by atoms with van der Waals surface area (Å²) in [5, 5.41) is 5.38. The highest BCUT2D eigenvalue weighted by Gasteiger charge is 2.31. The number of benzene rings is 1. The Morgan fingerprint density at radius 2 is 1.93 bits per heavy atom. The summed E-state index contributed by atoms with van der Waals surface area (Å²) in [5.41, 5.74) is 2.70. The molecule has 28 heavy (non-hydrogen) atoms. The van der Waals surface area contributed by atoms with Gasteiger partial charge in [-0.2, -0.15) is 0 Å². The van der Waals surface area contributed by atoms with Crippen LogP contribution in [0, 0.1) is 0 Å². The minimum Gasteiger partial charge on any atom is -0.463 e. The van der Waals surface area contributed by atoms with Crippen LogP contribution >= 0.6 is 0 Å². The maximum absolute atomic E-state index is 12.2. The molecular formula is C21H28N3O4+. The molecule has 1 aromatic heterocycles. The van der Waals surface area contributed by atoms with E-state index in [9.17, 15) is 9.59 Å². The molecule has 0 fully saturated rings. The number of rotatable bonds is 8. The minimum absolute atomic E-state index is 0.0476. The first-order chi connectivity index (χ1) is 13.7. The van der Waals surface area contributed by atoms with E-state index in [-0.39, 0.29) is 6.04 Å².